The molecule has 0 saturated carbocycles. The zero-order valence-corrected chi connectivity index (χ0v) is 10.8. The molecule has 0 fully saturated rings. The van der Waals surface area contributed by atoms with Crippen molar-refractivity contribution >= 4 is 5.69 Å². The van der Waals surface area contributed by atoms with Crippen molar-refractivity contribution in [3.63, 3.8) is 0 Å². The van der Waals surface area contributed by atoms with Gasteiger partial charge in [0.25, 0.3) is 0 Å². The van der Waals surface area contributed by atoms with Gasteiger partial charge in [-0.3, -0.25) is 0 Å². The quantitative estimate of drug-likeness (QED) is 0.647. The predicted molar refractivity (Wildman–Crippen MR) is 70.5 cm³/mol. The molecule has 0 atom stereocenters. The smallest absolute Gasteiger partial charge is 0.147 e. The van der Waals surface area contributed by atoms with Gasteiger partial charge in [-0.15, -0.1) is 0 Å². The Bertz CT molecular complexity index is 504. The van der Waals surface area contributed by atoms with E-state index in [-0.39, 0.29) is 0 Å². The van der Waals surface area contributed by atoms with Crippen molar-refractivity contribution in [1.82, 2.24) is 14.8 Å². The van der Waals surface area contributed by atoms with Crippen LogP contribution in [0.1, 0.15) is 18.1 Å². The highest BCUT2D eigenvalue weighted by atomic mass is 16.5. The zero-order valence-electron chi connectivity index (χ0n) is 10.8. The third-order valence-electron chi connectivity index (χ3n) is 2.63. The number of nitrogens with two attached hydrogens (primary N) is 1. The molecular weight excluding hydrogens is 228 g/mol. The summed E-state index contributed by atoms with van der Waals surface area (Å²) < 4.78 is 7.52. The molecule has 1 aromatic heterocycles. The molecule has 1 aromatic carbocycles. The summed E-state index contributed by atoms with van der Waals surface area (Å²) in [5.41, 5.74) is 6.35. The summed E-state index contributed by atoms with van der Waals surface area (Å²) in [7, 11) is 0. The average Bonchev–Trinajstić information content (AvgIpc) is 2.66. The average molecular weight is 246 g/mol. The maximum atomic E-state index is 5.61. The van der Waals surface area contributed by atoms with Crippen LogP contribution in [0.4, 0.5) is 5.69 Å². The van der Waals surface area contributed by atoms with Crippen molar-refractivity contribution in [3.8, 4) is 5.75 Å². The number of ether oxygens (including phenoxy) is 1. The molecule has 0 aliphatic heterocycles. The molecule has 1 heterocycles. The second-order valence-electron chi connectivity index (χ2n) is 4.20. The van der Waals surface area contributed by atoms with Crippen LogP contribution >= 0.6 is 0 Å². The van der Waals surface area contributed by atoms with Crippen molar-refractivity contribution in [2.24, 2.45) is 0 Å². The van der Waals surface area contributed by atoms with E-state index in [0.29, 0.717) is 6.61 Å². The van der Waals surface area contributed by atoms with Crippen LogP contribution in [-0.4, -0.2) is 21.4 Å². The van der Waals surface area contributed by atoms with E-state index < -0.39 is 0 Å². The first-order chi connectivity index (χ1) is 8.65. The van der Waals surface area contributed by atoms with E-state index in [1.54, 1.807) is 0 Å². The molecule has 0 aliphatic carbocycles. The van der Waals surface area contributed by atoms with E-state index in [4.69, 9.17) is 10.5 Å². The van der Waals surface area contributed by atoms with Crippen molar-refractivity contribution in [2.75, 3.05) is 12.3 Å². The maximum Gasteiger partial charge on any atom is 0.147 e. The van der Waals surface area contributed by atoms with E-state index >= 15 is 0 Å². The van der Waals surface area contributed by atoms with Crippen molar-refractivity contribution < 1.29 is 4.74 Å². The predicted octanol–water partition coefficient (Wildman–Crippen LogP) is 1.95. The van der Waals surface area contributed by atoms with Crippen LogP contribution in [0.25, 0.3) is 0 Å². The Morgan fingerprint density at radius 1 is 1.22 bits per heavy atom. The van der Waals surface area contributed by atoms with E-state index in [1.807, 2.05) is 42.8 Å². The molecule has 2 aromatic rings. The van der Waals surface area contributed by atoms with Gasteiger partial charge in [-0.2, -0.15) is 5.10 Å². The second-order valence-corrected chi connectivity index (χ2v) is 4.20. The van der Waals surface area contributed by atoms with Crippen LogP contribution in [-0.2, 0) is 6.54 Å². The molecule has 96 valence electrons. The minimum absolute atomic E-state index is 0.655. The lowest BCUT2D eigenvalue weighted by atomic mass is 10.3. The highest BCUT2D eigenvalue weighted by molar-refractivity contribution is 5.41. The Labute approximate surface area is 107 Å². The number of hydrogen-bond donors (Lipinski definition) is 1. The Morgan fingerprint density at radius 3 is 2.56 bits per heavy atom. The van der Waals surface area contributed by atoms with Gasteiger partial charge < -0.3 is 10.5 Å². The zero-order chi connectivity index (χ0) is 13.0. The lowest BCUT2D eigenvalue weighted by molar-refractivity contribution is 0.298. The monoisotopic (exact) mass is 246 g/mol. The highest BCUT2D eigenvalue weighted by Crippen LogP contribution is 2.13. The van der Waals surface area contributed by atoms with Gasteiger partial charge in [-0.05, 0) is 38.1 Å². The van der Waals surface area contributed by atoms with Crippen LogP contribution < -0.4 is 10.5 Å². The van der Waals surface area contributed by atoms with E-state index in [9.17, 15) is 0 Å². The summed E-state index contributed by atoms with van der Waals surface area (Å²) >= 11 is 0. The Balaban J connectivity index is 1.76. The van der Waals surface area contributed by atoms with Gasteiger partial charge in [0.15, 0.2) is 0 Å². The summed E-state index contributed by atoms with van der Waals surface area (Å²) in [5.74, 6) is 2.60. The number of aromatic nitrogens is 3. The molecule has 18 heavy (non-hydrogen) atoms. The molecule has 0 saturated heterocycles. The first kappa shape index (κ1) is 12.4. The van der Waals surface area contributed by atoms with Gasteiger partial charge in [0.05, 0.1) is 6.61 Å². The molecule has 2 rings (SSSR count). The summed E-state index contributed by atoms with van der Waals surface area (Å²) in [5, 5.41) is 4.30. The topological polar surface area (TPSA) is 66.0 Å². The van der Waals surface area contributed by atoms with Crippen molar-refractivity contribution in [3.05, 3.63) is 35.9 Å². The molecule has 0 spiro atoms. The number of benzene rings is 1. The van der Waals surface area contributed by atoms with Crippen LogP contribution in [0.3, 0.4) is 0 Å². The Kier molecular flexibility index (Phi) is 3.82. The molecule has 0 radical (unpaired) electrons. The van der Waals surface area contributed by atoms with Crippen LogP contribution in [0.15, 0.2) is 24.3 Å². The maximum absolute atomic E-state index is 5.61. The fourth-order valence-electron chi connectivity index (χ4n) is 1.74. The van der Waals surface area contributed by atoms with E-state index in [2.05, 4.69) is 10.1 Å². The van der Waals surface area contributed by atoms with E-state index in [1.165, 1.54) is 0 Å². The fourth-order valence-corrected chi connectivity index (χ4v) is 1.74. The van der Waals surface area contributed by atoms with Gasteiger partial charge >= 0.3 is 0 Å². The molecule has 0 bridgehead atoms. The summed E-state index contributed by atoms with van der Waals surface area (Å²) in [6, 6.07) is 7.42. The lowest BCUT2D eigenvalue weighted by Gasteiger charge is -2.07. The molecule has 0 aliphatic rings. The van der Waals surface area contributed by atoms with Crippen molar-refractivity contribution in [2.45, 2.75) is 26.8 Å². The van der Waals surface area contributed by atoms with Gasteiger partial charge in [-0.25, -0.2) is 9.67 Å². The minimum atomic E-state index is 0.655. The summed E-state index contributed by atoms with van der Waals surface area (Å²) in [6.45, 7) is 5.33. The lowest BCUT2D eigenvalue weighted by Crippen LogP contribution is -2.07. The SMILES string of the molecule is Cc1nc(C)n(CCCOc2ccc(N)cc2)n1. The van der Waals surface area contributed by atoms with Gasteiger partial charge in [-0.1, -0.05) is 0 Å². The molecule has 5 heteroatoms. The summed E-state index contributed by atoms with van der Waals surface area (Å²) in [4.78, 5) is 4.25. The van der Waals surface area contributed by atoms with Gasteiger partial charge in [0, 0.05) is 18.7 Å². The number of anilines is 1. The largest absolute Gasteiger partial charge is 0.494 e. The third-order valence-corrected chi connectivity index (χ3v) is 2.63. The van der Waals surface area contributed by atoms with E-state index in [0.717, 1.165) is 36.1 Å². The molecule has 0 amide bonds. The molecular formula is C13H18N4O. The number of hydrogen-bond acceptors (Lipinski definition) is 4. The third kappa shape index (κ3) is 3.23. The van der Waals surface area contributed by atoms with Crippen LogP contribution in [0.2, 0.25) is 0 Å². The standard InChI is InChI=1S/C13H18N4O/c1-10-15-11(2)17(16-10)8-3-9-18-13-6-4-12(14)5-7-13/h4-7H,3,8-9,14H2,1-2H3. The Morgan fingerprint density at radius 2 is 1.94 bits per heavy atom. The molecule has 2 N–H and O–H groups in total. The van der Waals surface area contributed by atoms with Crippen LogP contribution in [0, 0.1) is 13.8 Å². The number of rotatable bonds is 5. The van der Waals surface area contributed by atoms with Gasteiger partial charge in [0.1, 0.15) is 17.4 Å². The fraction of sp³-hybridized carbons (Fsp3) is 0.385. The minimum Gasteiger partial charge on any atom is -0.494 e. The highest BCUT2D eigenvalue weighted by Gasteiger charge is 2.01. The first-order valence-corrected chi connectivity index (χ1v) is 6.01. The Hall–Kier alpha value is -2.04. The molecule has 0 unspecified atom stereocenters. The first-order valence-electron chi connectivity index (χ1n) is 6.01. The second kappa shape index (κ2) is 5.53. The normalized spacial score (nSPS) is 10.6. The number of nitrogens with zero attached hydrogens (tertiary/aromatic N) is 3. The van der Waals surface area contributed by atoms with Crippen LogP contribution in [0.5, 0.6) is 5.75 Å². The van der Waals surface area contributed by atoms with Gasteiger partial charge in [0.2, 0.25) is 0 Å². The molecule has 5 nitrogen and oxygen atoms in total. The summed E-state index contributed by atoms with van der Waals surface area (Å²) in [6.07, 6.45) is 0.897. The van der Waals surface area contributed by atoms with Crippen molar-refractivity contribution in [1.29, 1.82) is 0 Å². The number of aryl methyl sites for hydroxylation is 3. The number of nitrogen functional groups attached to an aromatic ring is 1.